The van der Waals surface area contributed by atoms with Crippen LogP contribution in [0.5, 0.6) is 0 Å². The molecule has 0 aliphatic heterocycles. The van der Waals surface area contributed by atoms with Gasteiger partial charge in [-0.25, -0.2) is 4.79 Å². The first-order valence-corrected chi connectivity index (χ1v) is 11.3. The van der Waals surface area contributed by atoms with Crippen molar-refractivity contribution in [1.29, 1.82) is 0 Å². The zero-order valence-corrected chi connectivity index (χ0v) is 19.5. The standard InChI is InChI=1S/C26H29N3O.CH2O3/c1-18-6-3-4-9-24(18)25(17-26(29-30)21-14-15-27-19(2)16-21)20-10-12-23(13-11-20)28-22-7-5-8-22;2-1(3)4/h3-4,6,9-16,22,25,28,30H,5,7-8,17H2,1-2H3;(H2,2,3,4)/b29-26+;/t25-;/m1./s1. The maximum absolute atomic E-state index is 9.82. The fourth-order valence-corrected chi connectivity index (χ4v) is 4.12. The number of nitrogens with zero attached hydrogens (tertiary/aromatic N) is 2. The van der Waals surface area contributed by atoms with Crippen LogP contribution in [0.4, 0.5) is 10.5 Å². The lowest BCUT2D eigenvalue weighted by molar-refractivity contribution is 0.137. The van der Waals surface area contributed by atoms with Crippen LogP contribution in [-0.2, 0) is 0 Å². The average molecular weight is 462 g/mol. The van der Waals surface area contributed by atoms with E-state index >= 15 is 0 Å². The fraction of sp³-hybridized carbons (Fsp3) is 0.296. The highest BCUT2D eigenvalue weighted by atomic mass is 16.6. The van der Waals surface area contributed by atoms with E-state index in [4.69, 9.17) is 15.0 Å². The number of rotatable bonds is 7. The average Bonchev–Trinajstić information content (AvgIpc) is 2.78. The van der Waals surface area contributed by atoms with Gasteiger partial charge in [0, 0.05) is 41.5 Å². The van der Waals surface area contributed by atoms with Gasteiger partial charge in [0.2, 0.25) is 0 Å². The van der Waals surface area contributed by atoms with Crippen LogP contribution in [-0.4, -0.2) is 38.3 Å². The molecule has 0 amide bonds. The molecule has 1 aliphatic carbocycles. The molecule has 7 heteroatoms. The van der Waals surface area contributed by atoms with E-state index in [-0.39, 0.29) is 5.92 Å². The quantitative estimate of drug-likeness (QED) is 0.187. The summed E-state index contributed by atoms with van der Waals surface area (Å²) >= 11 is 0. The van der Waals surface area contributed by atoms with Gasteiger partial charge in [0.25, 0.3) is 0 Å². The van der Waals surface area contributed by atoms with Crippen LogP contribution in [0.15, 0.2) is 72.0 Å². The second-order valence-electron chi connectivity index (χ2n) is 8.52. The Balaban J connectivity index is 0.000000751. The molecule has 1 aromatic heterocycles. The van der Waals surface area contributed by atoms with E-state index in [1.54, 1.807) is 6.20 Å². The van der Waals surface area contributed by atoms with Crippen LogP contribution < -0.4 is 5.32 Å². The normalized spacial score (nSPS) is 14.4. The van der Waals surface area contributed by atoms with E-state index in [1.807, 2.05) is 19.1 Å². The lowest BCUT2D eigenvalue weighted by Crippen LogP contribution is -2.26. The maximum Gasteiger partial charge on any atom is 0.503 e. The molecule has 1 atom stereocenters. The monoisotopic (exact) mass is 461 g/mol. The number of hydrogen-bond acceptors (Lipinski definition) is 5. The van der Waals surface area contributed by atoms with Crippen LogP contribution in [0.3, 0.4) is 0 Å². The van der Waals surface area contributed by atoms with Crippen LogP contribution >= 0.6 is 0 Å². The van der Waals surface area contributed by atoms with Crippen molar-refractivity contribution in [2.24, 2.45) is 5.16 Å². The highest BCUT2D eigenvalue weighted by Crippen LogP contribution is 2.33. The van der Waals surface area contributed by atoms with E-state index in [0.717, 1.165) is 11.3 Å². The molecule has 0 radical (unpaired) electrons. The SMILES string of the molecule is Cc1cc(/C(C[C@H](c2ccc(NC3CCC3)cc2)c2ccccc2C)=N/O)ccn1.O=C(O)O. The van der Waals surface area contributed by atoms with Crippen LogP contribution in [0.2, 0.25) is 0 Å². The molecule has 34 heavy (non-hydrogen) atoms. The maximum atomic E-state index is 9.82. The Labute approximate surface area is 199 Å². The molecule has 1 aliphatic rings. The number of carbonyl (C=O) groups is 1. The molecule has 7 nitrogen and oxygen atoms in total. The predicted octanol–water partition coefficient (Wildman–Crippen LogP) is 6.29. The van der Waals surface area contributed by atoms with Crippen LogP contribution in [0, 0.1) is 13.8 Å². The third-order valence-corrected chi connectivity index (χ3v) is 6.10. The van der Waals surface area contributed by atoms with Crippen molar-refractivity contribution in [1.82, 2.24) is 4.98 Å². The minimum absolute atomic E-state index is 0.100. The summed E-state index contributed by atoms with van der Waals surface area (Å²) in [4.78, 5) is 12.8. The summed E-state index contributed by atoms with van der Waals surface area (Å²) in [7, 11) is 0. The minimum atomic E-state index is -1.83. The molecule has 4 N–H and O–H groups in total. The summed E-state index contributed by atoms with van der Waals surface area (Å²) in [6.07, 6.45) is 4.38. The van der Waals surface area contributed by atoms with E-state index < -0.39 is 6.16 Å². The van der Waals surface area contributed by atoms with Crippen molar-refractivity contribution in [3.8, 4) is 0 Å². The Morgan fingerprint density at radius 1 is 1.09 bits per heavy atom. The smallest absolute Gasteiger partial charge is 0.450 e. The largest absolute Gasteiger partial charge is 0.503 e. The molecule has 0 saturated heterocycles. The zero-order valence-electron chi connectivity index (χ0n) is 19.5. The second-order valence-corrected chi connectivity index (χ2v) is 8.52. The topological polar surface area (TPSA) is 115 Å². The summed E-state index contributed by atoms with van der Waals surface area (Å²) in [5.41, 5.74) is 7.37. The van der Waals surface area contributed by atoms with Crippen molar-refractivity contribution >= 4 is 17.6 Å². The molecule has 1 saturated carbocycles. The Bertz CT molecular complexity index is 1120. The summed E-state index contributed by atoms with van der Waals surface area (Å²) in [6, 6.07) is 21.7. The van der Waals surface area contributed by atoms with Crippen molar-refractivity contribution in [2.45, 2.75) is 51.5 Å². The highest BCUT2D eigenvalue weighted by molar-refractivity contribution is 6.01. The van der Waals surface area contributed by atoms with Gasteiger partial charge in [-0.2, -0.15) is 0 Å². The van der Waals surface area contributed by atoms with E-state index in [9.17, 15) is 5.21 Å². The molecule has 1 heterocycles. The first kappa shape index (κ1) is 24.8. The predicted molar refractivity (Wildman–Crippen MR) is 133 cm³/mol. The van der Waals surface area contributed by atoms with Crippen molar-refractivity contribution in [3.05, 3.63) is 94.8 Å². The number of aromatic nitrogens is 1. The number of hydrogen-bond donors (Lipinski definition) is 4. The van der Waals surface area contributed by atoms with E-state index in [2.05, 4.69) is 70.9 Å². The fourth-order valence-electron chi connectivity index (χ4n) is 4.12. The number of anilines is 1. The first-order valence-electron chi connectivity index (χ1n) is 11.3. The van der Waals surface area contributed by atoms with Crippen LogP contribution in [0.25, 0.3) is 0 Å². The molecule has 0 spiro atoms. The third-order valence-electron chi connectivity index (χ3n) is 6.10. The van der Waals surface area contributed by atoms with Gasteiger partial charge in [-0.1, -0.05) is 41.6 Å². The first-order chi connectivity index (χ1) is 16.4. The highest BCUT2D eigenvalue weighted by Gasteiger charge is 2.21. The summed E-state index contributed by atoms with van der Waals surface area (Å²) in [6.45, 7) is 4.09. The molecule has 1 fully saturated rings. The number of oxime groups is 1. The lowest BCUT2D eigenvalue weighted by Gasteiger charge is -2.28. The number of pyridine rings is 1. The Morgan fingerprint density at radius 3 is 2.32 bits per heavy atom. The van der Waals surface area contributed by atoms with Gasteiger partial charge in [-0.3, -0.25) is 4.98 Å². The Hall–Kier alpha value is -3.87. The van der Waals surface area contributed by atoms with Crippen molar-refractivity contribution in [3.63, 3.8) is 0 Å². The Morgan fingerprint density at radius 2 is 1.76 bits per heavy atom. The third kappa shape index (κ3) is 6.81. The summed E-state index contributed by atoms with van der Waals surface area (Å²) in [5, 5.41) is 31.0. The molecular weight excluding hydrogens is 430 g/mol. The van der Waals surface area contributed by atoms with E-state index in [1.165, 1.54) is 41.6 Å². The molecule has 4 rings (SSSR count). The molecule has 178 valence electrons. The van der Waals surface area contributed by atoms with Gasteiger partial charge in [-0.05, 0) is 74.1 Å². The lowest BCUT2D eigenvalue weighted by atomic mass is 9.83. The van der Waals surface area contributed by atoms with Gasteiger partial charge in [0.1, 0.15) is 0 Å². The molecule has 3 aromatic rings. The molecule has 0 bridgehead atoms. The summed E-state index contributed by atoms with van der Waals surface area (Å²) < 4.78 is 0. The minimum Gasteiger partial charge on any atom is -0.450 e. The van der Waals surface area contributed by atoms with Gasteiger partial charge in [0.05, 0.1) is 5.71 Å². The summed E-state index contributed by atoms with van der Waals surface area (Å²) in [5.74, 6) is 0.100. The zero-order chi connectivity index (χ0) is 24.5. The van der Waals surface area contributed by atoms with Gasteiger partial charge in [0.15, 0.2) is 0 Å². The van der Waals surface area contributed by atoms with Gasteiger partial charge in [-0.15, -0.1) is 0 Å². The van der Waals surface area contributed by atoms with Gasteiger partial charge < -0.3 is 20.7 Å². The molecular formula is C27H31N3O4. The Kier molecular flexibility index (Phi) is 8.62. The number of carboxylic acid groups (broad SMARTS) is 2. The second kappa shape index (κ2) is 11.8. The number of benzene rings is 2. The van der Waals surface area contributed by atoms with Crippen molar-refractivity contribution < 1.29 is 20.2 Å². The number of aryl methyl sites for hydroxylation is 2. The van der Waals surface area contributed by atoms with Crippen molar-refractivity contribution in [2.75, 3.05) is 5.32 Å². The van der Waals surface area contributed by atoms with Crippen LogP contribution in [0.1, 0.15) is 59.5 Å². The van der Waals surface area contributed by atoms with E-state index in [0.29, 0.717) is 18.2 Å². The molecule has 0 unspecified atom stereocenters. The van der Waals surface area contributed by atoms with Gasteiger partial charge >= 0.3 is 6.16 Å². The number of nitrogens with one attached hydrogen (secondary N) is 1. The molecule has 2 aromatic carbocycles.